The number of hydrogen-bond acceptors (Lipinski definition) is 5. The highest BCUT2D eigenvalue weighted by atomic mass is 32.2. The van der Waals surface area contributed by atoms with Gasteiger partial charge in [-0.3, -0.25) is 4.98 Å². The van der Waals surface area contributed by atoms with Gasteiger partial charge in [0.1, 0.15) is 11.4 Å². The van der Waals surface area contributed by atoms with Gasteiger partial charge in [0.2, 0.25) is 0 Å². The molecule has 5 nitrogen and oxygen atoms in total. The van der Waals surface area contributed by atoms with Crippen molar-refractivity contribution in [1.29, 1.82) is 0 Å². The van der Waals surface area contributed by atoms with Crippen LogP contribution >= 0.6 is 0 Å². The molecule has 0 radical (unpaired) electrons. The van der Waals surface area contributed by atoms with Crippen molar-refractivity contribution in [3.63, 3.8) is 0 Å². The van der Waals surface area contributed by atoms with Crippen molar-refractivity contribution in [3.8, 4) is 28.8 Å². The summed E-state index contributed by atoms with van der Waals surface area (Å²) >= 11 is 0. The summed E-state index contributed by atoms with van der Waals surface area (Å²) in [7, 11) is -3.31. The van der Waals surface area contributed by atoms with Crippen LogP contribution in [0, 0.1) is 18.8 Å². The Hall–Kier alpha value is -3.17. The molecule has 0 aliphatic carbocycles. The summed E-state index contributed by atoms with van der Waals surface area (Å²) in [4.78, 5) is 9.20. The lowest BCUT2D eigenvalue weighted by atomic mass is 10.1. The van der Waals surface area contributed by atoms with Crippen LogP contribution in [-0.4, -0.2) is 28.7 Å². The summed E-state index contributed by atoms with van der Waals surface area (Å²) in [6, 6.07) is 13.3. The number of hydrogen-bond donors (Lipinski definition) is 1. The maximum absolute atomic E-state index is 12.3. The van der Waals surface area contributed by atoms with E-state index in [1.807, 2.05) is 6.92 Å². The zero-order valence-corrected chi connectivity index (χ0v) is 16.7. The number of benzene rings is 2. The van der Waals surface area contributed by atoms with E-state index in [2.05, 4.69) is 21.8 Å². The molecule has 0 spiro atoms. The van der Waals surface area contributed by atoms with Crippen molar-refractivity contribution in [3.05, 3.63) is 71.7 Å². The summed E-state index contributed by atoms with van der Waals surface area (Å²) in [5.41, 5.74) is 3.26. The zero-order valence-electron chi connectivity index (χ0n) is 15.8. The topological polar surface area (TPSA) is 80.2 Å². The summed E-state index contributed by atoms with van der Waals surface area (Å²) < 4.78 is 24.5. The minimum atomic E-state index is -3.31. The highest BCUT2D eigenvalue weighted by Gasteiger charge is 2.19. The second kappa shape index (κ2) is 7.83. The van der Waals surface area contributed by atoms with Gasteiger partial charge in [-0.1, -0.05) is 24.1 Å². The SMILES string of the molecule is Cc1ncc(-c2ccc(S(=O)(=O)C(C)C)cc2)nc1C#Cc1cccc(O)c1.[HH].[HH]. The van der Waals surface area contributed by atoms with Gasteiger partial charge in [-0.05, 0) is 57.0 Å². The van der Waals surface area contributed by atoms with E-state index in [4.69, 9.17) is 0 Å². The molecule has 0 aliphatic rings. The van der Waals surface area contributed by atoms with Gasteiger partial charge < -0.3 is 5.11 Å². The fourth-order valence-corrected chi connectivity index (χ4v) is 3.57. The molecule has 0 aliphatic heterocycles. The fourth-order valence-electron chi connectivity index (χ4n) is 2.51. The van der Waals surface area contributed by atoms with Crippen LogP contribution in [-0.2, 0) is 9.84 Å². The monoisotopic (exact) mass is 396 g/mol. The summed E-state index contributed by atoms with van der Waals surface area (Å²) in [6.07, 6.45) is 1.64. The molecule has 1 heterocycles. The molecule has 0 bridgehead atoms. The molecule has 146 valence electrons. The minimum Gasteiger partial charge on any atom is -0.508 e. The predicted molar refractivity (Wildman–Crippen MR) is 113 cm³/mol. The Morgan fingerprint density at radius 3 is 2.43 bits per heavy atom. The van der Waals surface area contributed by atoms with Crippen molar-refractivity contribution in [1.82, 2.24) is 9.97 Å². The molecule has 0 amide bonds. The van der Waals surface area contributed by atoms with Crippen molar-refractivity contribution < 1.29 is 16.4 Å². The van der Waals surface area contributed by atoms with Crippen LogP contribution in [0.25, 0.3) is 11.3 Å². The molecular weight excluding hydrogens is 372 g/mol. The Kier molecular flexibility index (Phi) is 5.48. The van der Waals surface area contributed by atoms with Gasteiger partial charge >= 0.3 is 0 Å². The van der Waals surface area contributed by atoms with E-state index in [0.29, 0.717) is 22.6 Å². The molecule has 2 aromatic carbocycles. The summed E-state index contributed by atoms with van der Waals surface area (Å²) in [5.74, 6) is 6.11. The molecule has 0 atom stereocenters. The number of phenolic OH excluding ortho intramolecular Hbond substituents is 1. The third-order valence-corrected chi connectivity index (χ3v) is 6.40. The van der Waals surface area contributed by atoms with Crippen LogP contribution in [0.1, 0.15) is 33.7 Å². The average molecular weight is 397 g/mol. The van der Waals surface area contributed by atoms with E-state index in [-0.39, 0.29) is 13.5 Å². The molecule has 0 unspecified atom stereocenters. The Bertz CT molecular complexity index is 1180. The number of sulfone groups is 1. The second-order valence-corrected chi connectivity index (χ2v) is 9.11. The maximum atomic E-state index is 12.3. The molecule has 1 aromatic heterocycles. The third-order valence-electron chi connectivity index (χ3n) is 4.23. The van der Waals surface area contributed by atoms with E-state index < -0.39 is 15.1 Å². The van der Waals surface area contributed by atoms with Gasteiger partial charge in [0.05, 0.1) is 27.7 Å². The maximum Gasteiger partial charge on any atom is 0.180 e. The van der Waals surface area contributed by atoms with Gasteiger partial charge in [0, 0.05) is 14.0 Å². The van der Waals surface area contributed by atoms with Crippen molar-refractivity contribution >= 4 is 9.84 Å². The van der Waals surface area contributed by atoms with E-state index in [1.54, 1.807) is 68.6 Å². The number of aromatic hydroxyl groups is 1. The van der Waals surface area contributed by atoms with Gasteiger partial charge in [-0.15, -0.1) is 0 Å². The first-order valence-corrected chi connectivity index (χ1v) is 10.3. The standard InChI is InChI=1S/C22H20N2O3S.2H2/c1-15(2)28(26,27)20-10-8-18(9-11-20)22-14-23-16(3)21(24-22)12-7-17-5-4-6-19(25)13-17;;/h4-6,8-11,13-15,25H,1-3H3;2*1H. The molecule has 3 aromatic rings. The molecular formula is C22H24N2O3S. The first-order valence-electron chi connectivity index (χ1n) is 8.76. The Morgan fingerprint density at radius 1 is 1.07 bits per heavy atom. The van der Waals surface area contributed by atoms with Crippen molar-refractivity contribution in [2.75, 3.05) is 0 Å². The first kappa shape index (κ1) is 19.6. The van der Waals surface area contributed by atoms with Crippen LogP contribution in [0.2, 0.25) is 0 Å². The van der Waals surface area contributed by atoms with E-state index >= 15 is 0 Å². The highest BCUT2D eigenvalue weighted by Crippen LogP contribution is 2.22. The quantitative estimate of drug-likeness (QED) is 0.670. The number of aryl methyl sites for hydroxylation is 1. The molecule has 0 fully saturated rings. The zero-order chi connectivity index (χ0) is 20.3. The average Bonchev–Trinajstić information content (AvgIpc) is 2.67. The highest BCUT2D eigenvalue weighted by molar-refractivity contribution is 7.92. The fraction of sp³-hybridized carbons (Fsp3) is 0.182. The van der Waals surface area contributed by atoms with Crippen molar-refractivity contribution in [2.45, 2.75) is 30.9 Å². The second-order valence-electron chi connectivity index (χ2n) is 6.61. The number of phenols is 1. The molecule has 1 N–H and O–H groups in total. The van der Waals surface area contributed by atoms with Crippen LogP contribution in [0.5, 0.6) is 5.75 Å². The van der Waals surface area contributed by atoms with Crippen LogP contribution in [0.15, 0.2) is 59.6 Å². The largest absolute Gasteiger partial charge is 0.508 e. The summed E-state index contributed by atoms with van der Waals surface area (Å²) in [6.45, 7) is 5.14. The molecule has 0 saturated carbocycles. The van der Waals surface area contributed by atoms with Gasteiger partial charge in [0.15, 0.2) is 9.84 Å². The van der Waals surface area contributed by atoms with Crippen molar-refractivity contribution in [2.24, 2.45) is 0 Å². The van der Waals surface area contributed by atoms with E-state index in [9.17, 15) is 13.5 Å². The van der Waals surface area contributed by atoms with Crippen LogP contribution in [0.3, 0.4) is 0 Å². The molecule has 28 heavy (non-hydrogen) atoms. The van der Waals surface area contributed by atoms with Gasteiger partial charge in [-0.25, -0.2) is 13.4 Å². The van der Waals surface area contributed by atoms with E-state index in [0.717, 1.165) is 5.56 Å². The number of rotatable bonds is 3. The lowest BCUT2D eigenvalue weighted by molar-refractivity contribution is 0.475. The Morgan fingerprint density at radius 2 is 1.79 bits per heavy atom. The Balaban J connectivity index is 0.00000225. The predicted octanol–water partition coefficient (Wildman–Crippen LogP) is 4.23. The minimum absolute atomic E-state index is 0. The molecule has 0 saturated heterocycles. The van der Waals surface area contributed by atoms with E-state index in [1.165, 1.54) is 0 Å². The lowest BCUT2D eigenvalue weighted by Gasteiger charge is -2.09. The van der Waals surface area contributed by atoms with Crippen LogP contribution < -0.4 is 0 Å². The third kappa shape index (κ3) is 4.21. The van der Waals surface area contributed by atoms with Gasteiger partial charge in [0.25, 0.3) is 0 Å². The molecule has 6 heteroatoms. The first-order chi connectivity index (χ1) is 13.3. The number of aromatic nitrogens is 2. The lowest BCUT2D eigenvalue weighted by Crippen LogP contribution is -2.13. The summed E-state index contributed by atoms with van der Waals surface area (Å²) in [5, 5.41) is 9.06. The normalized spacial score (nSPS) is 11.1. The Labute approximate surface area is 168 Å². The number of nitrogens with zero attached hydrogens (tertiary/aromatic N) is 2. The van der Waals surface area contributed by atoms with Crippen LogP contribution in [0.4, 0.5) is 0 Å². The van der Waals surface area contributed by atoms with Gasteiger partial charge in [-0.2, -0.15) is 0 Å². The smallest absolute Gasteiger partial charge is 0.180 e. The molecule has 3 rings (SSSR count).